The molecular weight excluding hydrogens is 303 g/mol. The van der Waals surface area contributed by atoms with Crippen molar-refractivity contribution in [2.24, 2.45) is 0 Å². The molecule has 2 aromatic rings. The van der Waals surface area contributed by atoms with E-state index in [4.69, 9.17) is 0 Å². The number of nitrogens with one attached hydrogen (secondary N) is 1. The molecule has 0 saturated carbocycles. The van der Waals surface area contributed by atoms with Crippen molar-refractivity contribution in [3.63, 3.8) is 0 Å². The number of hydrogen-bond acceptors (Lipinski definition) is 2. The lowest BCUT2D eigenvalue weighted by atomic mass is 10.2. The molecular formula is C14H12F3NO2S. The molecule has 0 bridgehead atoms. The normalized spacial score (nSPS) is 12.2. The molecule has 112 valence electrons. The molecule has 1 N–H and O–H groups in total. The minimum Gasteiger partial charge on any atom is -0.280 e. The van der Waals surface area contributed by atoms with E-state index in [0.29, 0.717) is 5.56 Å². The Bertz CT molecular complexity index is 755. The summed E-state index contributed by atoms with van der Waals surface area (Å²) in [7, 11) is -3.92. The van der Waals surface area contributed by atoms with Gasteiger partial charge >= 0.3 is 6.18 Å². The highest BCUT2D eigenvalue weighted by Gasteiger charge is 2.30. The van der Waals surface area contributed by atoms with E-state index in [-0.39, 0.29) is 10.6 Å². The molecule has 0 radical (unpaired) electrons. The van der Waals surface area contributed by atoms with Crippen LogP contribution < -0.4 is 4.72 Å². The summed E-state index contributed by atoms with van der Waals surface area (Å²) in [6.07, 6.45) is -4.52. The van der Waals surface area contributed by atoms with E-state index in [2.05, 4.69) is 4.72 Å². The molecule has 0 saturated heterocycles. The fourth-order valence-electron chi connectivity index (χ4n) is 1.83. The van der Waals surface area contributed by atoms with Crippen molar-refractivity contribution in [2.75, 3.05) is 4.72 Å². The molecule has 2 aromatic carbocycles. The third kappa shape index (κ3) is 3.55. The molecule has 3 nitrogen and oxygen atoms in total. The summed E-state index contributed by atoms with van der Waals surface area (Å²) in [5.74, 6) is 0. The SMILES string of the molecule is Cc1ccccc1S(=O)(=O)Nc1cccc(C(F)(F)F)c1. The molecule has 0 amide bonds. The second-order valence-corrected chi connectivity index (χ2v) is 6.10. The van der Waals surface area contributed by atoms with Crippen LogP contribution in [0.4, 0.5) is 18.9 Å². The fourth-order valence-corrected chi connectivity index (χ4v) is 3.12. The average molecular weight is 315 g/mol. The highest BCUT2D eigenvalue weighted by Crippen LogP contribution is 2.31. The van der Waals surface area contributed by atoms with Crippen LogP contribution in [0.2, 0.25) is 0 Å². The Morgan fingerprint density at radius 2 is 1.67 bits per heavy atom. The molecule has 0 fully saturated rings. The smallest absolute Gasteiger partial charge is 0.280 e. The van der Waals surface area contributed by atoms with Gasteiger partial charge in [-0.1, -0.05) is 24.3 Å². The summed E-state index contributed by atoms with van der Waals surface area (Å²) in [4.78, 5) is 0.0300. The number of anilines is 1. The third-order valence-corrected chi connectivity index (χ3v) is 4.37. The highest BCUT2D eigenvalue weighted by molar-refractivity contribution is 7.92. The van der Waals surface area contributed by atoms with E-state index in [9.17, 15) is 21.6 Å². The Morgan fingerprint density at radius 1 is 1.00 bits per heavy atom. The molecule has 0 heterocycles. The van der Waals surface area contributed by atoms with Crippen molar-refractivity contribution in [3.8, 4) is 0 Å². The predicted molar refractivity (Wildman–Crippen MR) is 73.4 cm³/mol. The number of sulfonamides is 1. The lowest BCUT2D eigenvalue weighted by molar-refractivity contribution is -0.137. The molecule has 0 aliphatic heterocycles. The van der Waals surface area contributed by atoms with Gasteiger partial charge in [-0.2, -0.15) is 13.2 Å². The quantitative estimate of drug-likeness (QED) is 0.936. The Morgan fingerprint density at radius 3 is 2.29 bits per heavy atom. The number of alkyl halides is 3. The van der Waals surface area contributed by atoms with Crippen LogP contribution in [0.1, 0.15) is 11.1 Å². The zero-order valence-corrected chi connectivity index (χ0v) is 11.8. The van der Waals surface area contributed by atoms with Gasteiger partial charge in [0.25, 0.3) is 10.0 Å². The topological polar surface area (TPSA) is 46.2 Å². The van der Waals surface area contributed by atoms with Crippen LogP contribution in [-0.2, 0) is 16.2 Å². The Hall–Kier alpha value is -2.02. The van der Waals surface area contributed by atoms with E-state index < -0.39 is 21.8 Å². The van der Waals surface area contributed by atoms with E-state index in [1.165, 1.54) is 12.1 Å². The molecule has 0 aromatic heterocycles. The molecule has 0 aliphatic rings. The zero-order chi connectivity index (χ0) is 15.7. The summed E-state index contributed by atoms with van der Waals surface area (Å²) in [6.45, 7) is 1.61. The van der Waals surface area contributed by atoms with Gasteiger partial charge in [-0.3, -0.25) is 4.72 Å². The molecule has 0 aliphatic carbocycles. The molecule has 21 heavy (non-hydrogen) atoms. The second-order valence-electron chi connectivity index (χ2n) is 4.45. The largest absolute Gasteiger partial charge is 0.416 e. The Kier molecular flexibility index (Phi) is 3.95. The van der Waals surface area contributed by atoms with E-state index in [1.54, 1.807) is 25.1 Å². The molecule has 7 heteroatoms. The number of rotatable bonds is 3. The van der Waals surface area contributed by atoms with Crippen LogP contribution in [0.5, 0.6) is 0 Å². The zero-order valence-electron chi connectivity index (χ0n) is 11.0. The first kappa shape index (κ1) is 15.4. The van der Waals surface area contributed by atoms with Gasteiger partial charge in [-0.15, -0.1) is 0 Å². The first-order valence-corrected chi connectivity index (χ1v) is 7.44. The van der Waals surface area contributed by atoms with Crippen molar-refractivity contribution in [1.82, 2.24) is 0 Å². The third-order valence-electron chi connectivity index (χ3n) is 2.83. The van der Waals surface area contributed by atoms with Crippen LogP contribution in [0.15, 0.2) is 53.4 Å². The lowest BCUT2D eigenvalue weighted by Crippen LogP contribution is -2.15. The van der Waals surface area contributed by atoms with E-state index >= 15 is 0 Å². The van der Waals surface area contributed by atoms with E-state index in [0.717, 1.165) is 18.2 Å². The second kappa shape index (κ2) is 5.40. The molecule has 0 atom stereocenters. The summed E-state index contributed by atoms with van der Waals surface area (Å²) in [6, 6.07) is 10.3. The van der Waals surface area contributed by atoms with Gasteiger partial charge in [0, 0.05) is 5.69 Å². The summed E-state index contributed by atoms with van der Waals surface area (Å²) < 4.78 is 64.4. The number of halogens is 3. The maximum Gasteiger partial charge on any atom is 0.416 e. The highest BCUT2D eigenvalue weighted by atomic mass is 32.2. The van der Waals surface area contributed by atoms with Crippen LogP contribution in [0.25, 0.3) is 0 Å². The predicted octanol–water partition coefficient (Wildman–Crippen LogP) is 3.81. The Labute approximate surface area is 120 Å². The standard InChI is InChI=1S/C14H12F3NO2S/c1-10-5-2-3-8-13(10)21(19,20)18-12-7-4-6-11(9-12)14(15,16)17/h2-9,18H,1H3. The number of benzene rings is 2. The van der Waals surface area contributed by atoms with Gasteiger partial charge in [-0.05, 0) is 36.8 Å². The number of hydrogen-bond donors (Lipinski definition) is 1. The minimum atomic E-state index is -4.52. The van der Waals surface area contributed by atoms with Gasteiger partial charge in [0.2, 0.25) is 0 Å². The van der Waals surface area contributed by atoms with Crippen LogP contribution in [0.3, 0.4) is 0 Å². The van der Waals surface area contributed by atoms with Gasteiger partial charge in [0.1, 0.15) is 0 Å². The summed E-state index contributed by atoms with van der Waals surface area (Å²) >= 11 is 0. The van der Waals surface area contributed by atoms with Crippen molar-refractivity contribution >= 4 is 15.7 Å². The Balaban J connectivity index is 2.36. The van der Waals surface area contributed by atoms with Gasteiger partial charge in [0.15, 0.2) is 0 Å². The average Bonchev–Trinajstić information content (AvgIpc) is 2.37. The minimum absolute atomic E-state index is 0.0300. The maximum atomic E-state index is 12.6. The van der Waals surface area contributed by atoms with Crippen molar-refractivity contribution in [2.45, 2.75) is 18.0 Å². The monoisotopic (exact) mass is 315 g/mol. The maximum absolute atomic E-state index is 12.6. The first-order valence-electron chi connectivity index (χ1n) is 5.96. The van der Waals surface area contributed by atoms with Gasteiger partial charge in [-0.25, -0.2) is 8.42 Å². The fraction of sp³-hybridized carbons (Fsp3) is 0.143. The van der Waals surface area contributed by atoms with E-state index in [1.807, 2.05) is 0 Å². The first-order chi connectivity index (χ1) is 9.70. The lowest BCUT2D eigenvalue weighted by Gasteiger charge is -2.12. The molecule has 2 rings (SSSR count). The van der Waals surface area contributed by atoms with Crippen molar-refractivity contribution in [1.29, 1.82) is 0 Å². The molecule has 0 unspecified atom stereocenters. The van der Waals surface area contributed by atoms with Crippen LogP contribution in [-0.4, -0.2) is 8.42 Å². The van der Waals surface area contributed by atoms with Gasteiger partial charge in [0.05, 0.1) is 10.5 Å². The summed E-state index contributed by atoms with van der Waals surface area (Å²) in [5, 5.41) is 0. The van der Waals surface area contributed by atoms with Crippen LogP contribution in [0, 0.1) is 6.92 Å². The molecule has 0 spiro atoms. The summed E-state index contributed by atoms with van der Waals surface area (Å²) in [5.41, 5.74) is -0.530. The van der Waals surface area contributed by atoms with Gasteiger partial charge < -0.3 is 0 Å². The number of aryl methyl sites for hydroxylation is 1. The van der Waals surface area contributed by atoms with Crippen LogP contribution >= 0.6 is 0 Å². The van der Waals surface area contributed by atoms with Crippen molar-refractivity contribution < 1.29 is 21.6 Å². The van der Waals surface area contributed by atoms with Crippen molar-refractivity contribution in [3.05, 3.63) is 59.7 Å².